The Morgan fingerprint density at radius 3 is 2.54 bits per heavy atom. The van der Waals surface area contributed by atoms with Crippen molar-refractivity contribution < 1.29 is 9.84 Å². The maximum absolute atomic E-state index is 12.0. The van der Waals surface area contributed by atoms with Gasteiger partial charge in [-0.1, -0.05) is 55.5 Å². The molecule has 1 aliphatic heterocycles. The van der Waals surface area contributed by atoms with E-state index in [1.54, 1.807) is 7.11 Å². The Labute approximate surface area is 156 Å². The summed E-state index contributed by atoms with van der Waals surface area (Å²) in [5.74, 6) is 1.84. The van der Waals surface area contributed by atoms with E-state index in [2.05, 4.69) is 48.2 Å². The molecule has 26 heavy (non-hydrogen) atoms. The van der Waals surface area contributed by atoms with Gasteiger partial charge in [0.25, 0.3) is 0 Å². The van der Waals surface area contributed by atoms with Gasteiger partial charge < -0.3 is 9.84 Å². The largest absolute Gasteiger partial charge is 0.496 e. The van der Waals surface area contributed by atoms with E-state index in [9.17, 15) is 5.11 Å². The molecule has 0 radical (unpaired) electrons. The Kier molecular flexibility index (Phi) is 4.76. The predicted octanol–water partition coefficient (Wildman–Crippen LogP) is 4.06. The Morgan fingerprint density at radius 2 is 1.77 bits per heavy atom. The third-order valence-corrected chi connectivity index (χ3v) is 6.59. The SMILES string of the molecule is COc1ccccc1C1(O)C(C)CCC2CN(Cc3ccccc3)CC21. The zero-order valence-electron chi connectivity index (χ0n) is 15.8. The van der Waals surface area contributed by atoms with Gasteiger partial charge in [-0.2, -0.15) is 0 Å². The molecule has 2 fully saturated rings. The molecule has 1 heterocycles. The number of hydrogen-bond acceptors (Lipinski definition) is 3. The van der Waals surface area contributed by atoms with E-state index >= 15 is 0 Å². The summed E-state index contributed by atoms with van der Waals surface area (Å²) in [5.41, 5.74) is 1.49. The molecule has 138 valence electrons. The van der Waals surface area contributed by atoms with Crippen LogP contribution < -0.4 is 4.74 Å². The molecule has 0 spiro atoms. The first kappa shape index (κ1) is 17.6. The van der Waals surface area contributed by atoms with Crippen LogP contribution in [-0.4, -0.2) is 30.2 Å². The number of aliphatic hydroxyl groups is 1. The predicted molar refractivity (Wildman–Crippen MR) is 104 cm³/mol. The molecular formula is C23H29NO2. The number of hydrogen-bond donors (Lipinski definition) is 1. The second-order valence-corrected chi connectivity index (χ2v) is 8.05. The highest BCUT2D eigenvalue weighted by Crippen LogP contribution is 2.53. The standard InChI is InChI=1S/C23H29NO2/c1-17-12-13-19-15-24(14-18-8-4-3-5-9-18)16-21(19)23(17,25)20-10-6-7-11-22(20)26-2/h3-11,17,19,21,25H,12-16H2,1-2H3. The molecule has 2 aliphatic rings. The van der Waals surface area contributed by atoms with E-state index in [1.165, 1.54) is 12.0 Å². The van der Waals surface area contributed by atoms with E-state index in [0.29, 0.717) is 5.92 Å². The first-order valence-electron chi connectivity index (χ1n) is 9.75. The van der Waals surface area contributed by atoms with Crippen LogP contribution >= 0.6 is 0 Å². The van der Waals surface area contributed by atoms with Gasteiger partial charge in [-0.15, -0.1) is 0 Å². The van der Waals surface area contributed by atoms with Gasteiger partial charge in [0, 0.05) is 31.1 Å². The van der Waals surface area contributed by atoms with Crippen molar-refractivity contribution >= 4 is 0 Å². The number of ether oxygens (including phenoxy) is 1. The van der Waals surface area contributed by atoms with Gasteiger partial charge in [-0.25, -0.2) is 0 Å². The van der Waals surface area contributed by atoms with Crippen LogP contribution in [-0.2, 0) is 12.1 Å². The Morgan fingerprint density at radius 1 is 1.04 bits per heavy atom. The van der Waals surface area contributed by atoms with Crippen molar-refractivity contribution in [3.8, 4) is 5.75 Å². The summed E-state index contributed by atoms with van der Waals surface area (Å²) in [7, 11) is 1.70. The maximum Gasteiger partial charge on any atom is 0.124 e. The summed E-state index contributed by atoms with van der Waals surface area (Å²) in [5, 5.41) is 12.0. The van der Waals surface area contributed by atoms with E-state index in [4.69, 9.17) is 4.74 Å². The van der Waals surface area contributed by atoms with Crippen LogP contribution in [0.15, 0.2) is 54.6 Å². The topological polar surface area (TPSA) is 32.7 Å². The van der Waals surface area contributed by atoms with E-state index in [-0.39, 0.29) is 11.8 Å². The van der Waals surface area contributed by atoms with Gasteiger partial charge in [-0.05, 0) is 36.3 Å². The fourth-order valence-corrected chi connectivity index (χ4v) is 5.21. The highest BCUT2D eigenvalue weighted by atomic mass is 16.5. The lowest BCUT2D eigenvalue weighted by molar-refractivity contribution is -0.106. The maximum atomic E-state index is 12.0. The van der Waals surface area contributed by atoms with E-state index in [0.717, 1.165) is 37.4 Å². The third kappa shape index (κ3) is 2.93. The summed E-state index contributed by atoms with van der Waals surface area (Å²) in [6, 6.07) is 18.7. The first-order chi connectivity index (χ1) is 12.6. The van der Waals surface area contributed by atoms with Crippen LogP contribution in [0.1, 0.15) is 30.9 Å². The highest BCUT2D eigenvalue weighted by molar-refractivity contribution is 5.40. The zero-order chi connectivity index (χ0) is 18.1. The highest BCUT2D eigenvalue weighted by Gasteiger charge is 2.54. The molecule has 4 unspecified atom stereocenters. The summed E-state index contributed by atoms with van der Waals surface area (Å²) >= 11 is 0. The molecule has 2 aromatic carbocycles. The van der Waals surface area contributed by atoms with Crippen LogP contribution in [0.3, 0.4) is 0 Å². The second-order valence-electron chi connectivity index (χ2n) is 8.05. The minimum atomic E-state index is -0.818. The number of fused-ring (bicyclic) bond motifs is 1. The summed E-state index contributed by atoms with van der Waals surface area (Å²) in [6.45, 7) is 5.18. The Balaban J connectivity index is 1.63. The number of methoxy groups -OCH3 is 1. The number of nitrogens with zero attached hydrogens (tertiary/aromatic N) is 1. The molecule has 0 aromatic heterocycles. The molecule has 4 atom stereocenters. The fourth-order valence-electron chi connectivity index (χ4n) is 5.21. The van der Waals surface area contributed by atoms with Crippen LogP contribution in [0, 0.1) is 17.8 Å². The van der Waals surface area contributed by atoms with Gasteiger partial charge in [0.05, 0.1) is 7.11 Å². The van der Waals surface area contributed by atoms with Crippen LogP contribution in [0.4, 0.5) is 0 Å². The molecule has 0 bridgehead atoms. The smallest absolute Gasteiger partial charge is 0.124 e. The van der Waals surface area contributed by atoms with Gasteiger partial charge in [0.2, 0.25) is 0 Å². The lowest BCUT2D eigenvalue weighted by Gasteiger charge is -2.46. The zero-order valence-corrected chi connectivity index (χ0v) is 15.8. The molecule has 1 saturated carbocycles. The molecular weight excluding hydrogens is 322 g/mol. The average molecular weight is 351 g/mol. The van der Waals surface area contributed by atoms with Crippen molar-refractivity contribution in [1.29, 1.82) is 0 Å². The first-order valence-corrected chi connectivity index (χ1v) is 9.75. The number of likely N-dealkylation sites (tertiary alicyclic amines) is 1. The summed E-state index contributed by atoms with van der Waals surface area (Å²) in [6.07, 6.45) is 2.27. The molecule has 1 N–H and O–H groups in total. The summed E-state index contributed by atoms with van der Waals surface area (Å²) < 4.78 is 5.61. The number of rotatable bonds is 4. The van der Waals surface area contributed by atoms with Crippen molar-refractivity contribution in [2.75, 3.05) is 20.2 Å². The quantitative estimate of drug-likeness (QED) is 0.902. The molecule has 2 aromatic rings. The average Bonchev–Trinajstić information content (AvgIpc) is 3.09. The fraction of sp³-hybridized carbons (Fsp3) is 0.478. The van der Waals surface area contributed by atoms with Gasteiger partial charge in [0.1, 0.15) is 11.4 Å². The Bertz CT molecular complexity index is 747. The minimum absolute atomic E-state index is 0.233. The molecule has 0 amide bonds. The molecule has 3 nitrogen and oxygen atoms in total. The van der Waals surface area contributed by atoms with Crippen LogP contribution in [0.5, 0.6) is 5.75 Å². The molecule has 1 aliphatic carbocycles. The lowest BCUT2D eigenvalue weighted by Crippen LogP contribution is -2.48. The lowest BCUT2D eigenvalue weighted by atomic mass is 9.62. The van der Waals surface area contributed by atoms with E-state index < -0.39 is 5.60 Å². The van der Waals surface area contributed by atoms with Crippen LogP contribution in [0.25, 0.3) is 0 Å². The van der Waals surface area contributed by atoms with Gasteiger partial charge in [-0.3, -0.25) is 4.90 Å². The second kappa shape index (κ2) is 7.05. The normalized spacial score (nSPS) is 31.6. The summed E-state index contributed by atoms with van der Waals surface area (Å²) in [4.78, 5) is 2.52. The van der Waals surface area contributed by atoms with E-state index in [1.807, 2.05) is 18.2 Å². The number of benzene rings is 2. The molecule has 3 heteroatoms. The van der Waals surface area contributed by atoms with Crippen LogP contribution in [0.2, 0.25) is 0 Å². The van der Waals surface area contributed by atoms with Crippen molar-refractivity contribution in [1.82, 2.24) is 4.90 Å². The Hall–Kier alpha value is -1.84. The van der Waals surface area contributed by atoms with Gasteiger partial charge in [0.15, 0.2) is 0 Å². The minimum Gasteiger partial charge on any atom is -0.496 e. The van der Waals surface area contributed by atoms with Gasteiger partial charge >= 0.3 is 0 Å². The molecule has 4 rings (SSSR count). The number of para-hydroxylation sites is 1. The van der Waals surface area contributed by atoms with Crippen molar-refractivity contribution in [2.24, 2.45) is 17.8 Å². The van der Waals surface area contributed by atoms with Crippen molar-refractivity contribution in [3.05, 3.63) is 65.7 Å². The van der Waals surface area contributed by atoms with Crippen molar-refractivity contribution in [3.63, 3.8) is 0 Å². The van der Waals surface area contributed by atoms with Crippen molar-refractivity contribution in [2.45, 2.75) is 31.9 Å². The molecule has 1 saturated heterocycles. The third-order valence-electron chi connectivity index (χ3n) is 6.59. The monoisotopic (exact) mass is 351 g/mol.